The van der Waals surface area contributed by atoms with E-state index in [1.807, 2.05) is 24.3 Å². The Morgan fingerprint density at radius 2 is 1.83 bits per heavy atom. The van der Waals surface area contributed by atoms with Crippen molar-refractivity contribution in [1.29, 1.82) is 0 Å². The minimum absolute atomic E-state index is 0.267. The highest BCUT2D eigenvalue weighted by Gasteiger charge is 2.07. The minimum atomic E-state index is -0.267. The quantitative estimate of drug-likeness (QED) is 0.898. The van der Waals surface area contributed by atoms with Gasteiger partial charge in [0, 0.05) is 5.56 Å². The number of hydrogen-bond acceptors (Lipinski definition) is 2. The van der Waals surface area contributed by atoms with Crippen LogP contribution in [0, 0.1) is 5.82 Å². The van der Waals surface area contributed by atoms with E-state index in [0.29, 0.717) is 12.3 Å². The van der Waals surface area contributed by atoms with Crippen molar-refractivity contribution >= 4 is 0 Å². The van der Waals surface area contributed by atoms with E-state index in [2.05, 4.69) is 0 Å². The van der Waals surface area contributed by atoms with Gasteiger partial charge in [-0.3, -0.25) is 0 Å². The predicted octanol–water partition coefficient (Wildman–Crippen LogP) is 3.00. The maximum atomic E-state index is 13.3. The zero-order chi connectivity index (χ0) is 13.0. The highest BCUT2D eigenvalue weighted by molar-refractivity contribution is 5.70. The van der Waals surface area contributed by atoms with Crippen molar-refractivity contribution in [2.75, 3.05) is 13.7 Å². The highest BCUT2D eigenvalue weighted by Crippen LogP contribution is 2.30. The Morgan fingerprint density at radius 3 is 2.44 bits per heavy atom. The molecule has 0 aliphatic heterocycles. The summed E-state index contributed by atoms with van der Waals surface area (Å²) in [6.45, 7) is 0.628. The van der Waals surface area contributed by atoms with Crippen molar-refractivity contribution in [3.05, 3.63) is 53.8 Å². The summed E-state index contributed by atoms with van der Waals surface area (Å²) in [5, 5.41) is 0. The molecule has 0 aromatic heterocycles. The molecule has 2 aromatic carbocycles. The second kappa shape index (κ2) is 5.65. The van der Waals surface area contributed by atoms with Gasteiger partial charge in [-0.05, 0) is 42.3 Å². The van der Waals surface area contributed by atoms with Gasteiger partial charge in [0.1, 0.15) is 11.6 Å². The van der Waals surface area contributed by atoms with Gasteiger partial charge in [-0.15, -0.1) is 0 Å². The zero-order valence-electron chi connectivity index (χ0n) is 10.3. The fourth-order valence-electron chi connectivity index (χ4n) is 1.92. The Kier molecular flexibility index (Phi) is 3.95. The number of benzene rings is 2. The minimum Gasteiger partial charge on any atom is -0.496 e. The molecule has 18 heavy (non-hydrogen) atoms. The molecule has 0 saturated carbocycles. The van der Waals surface area contributed by atoms with Crippen LogP contribution in [0.2, 0.25) is 0 Å². The second-order valence-electron chi connectivity index (χ2n) is 4.08. The summed E-state index contributed by atoms with van der Waals surface area (Å²) in [5.74, 6) is 0.403. The summed E-state index contributed by atoms with van der Waals surface area (Å²) >= 11 is 0. The van der Waals surface area contributed by atoms with E-state index in [9.17, 15) is 4.39 Å². The second-order valence-corrected chi connectivity index (χ2v) is 4.08. The molecule has 0 saturated heterocycles. The first-order valence-corrected chi connectivity index (χ1v) is 5.87. The summed E-state index contributed by atoms with van der Waals surface area (Å²) in [4.78, 5) is 0. The van der Waals surface area contributed by atoms with Gasteiger partial charge in [0.2, 0.25) is 0 Å². The number of rotatable bonds is 4. The van der Waals surface area contributed by atoms with Crippen LogP contribution >= 0.6 is 0 Å². The summed E-state index contributed by atoms with van der Waals surface area (Å²) in [6.07, 6.45) is 0.848. The maximum Gasteiger partial charge on any atom is 0.126 e. The molecule has 0 unspecified atom stereocenters. The molecule has 3 heteroatoms. The van der Waals surface area contributed by atoms with E-state index >= 15 is 0 Å². The molecule has 0 amide bonds. The predicted molar refractivity (Wildman–Crippen MR) is 71.1 cm³/mol. The van der Waals surface area contributed by atoms with Crippen LogP contribution in [0.1, 0.15) is 5.56 Å². The van der Waals surface area contributed by atoms with E-state index in [4.69, 9.17) is 10.5 Å². The molecule has 2 nitrogen and oxygen atoms in total. The van der Waals surface area contributed by atoms with Crippen molar-refractivity contribution in [1.82, 2.24) is 0 Å². The molecular formula is C15H16FNO. The maximum absolute atomic E-state index is 13.3. The molecule has 0 bridgehead atoms. The average Bonchev–Trinajstić information content (AvgIpc) is 2.40. The number of methoxy groups -OCH3 is 1. The summed E-state index contributed by atoms with van der Waals surface area (Å²) in [6, 6.07) is 12.4. The van der Waals surface area contributed by atoms with Gasteiger partial charge < -0.3 is 10.5 Å². The standard InChI is InChI=1S/C15H16FNO/c1-18-15-7-6-13(16)10-14(15)12-4-2-11(3-5-12)8-9-17/h2-7,10H,8-9,17H2,1H3. The van der Waals surface area contributed by atoms with E-state index in [-0.39, 0.29) is 5.82 Å². The smallest absolute Gasteiger partial charge is 0.126 e. The van der Waals surface area contributed by atoms with Gasteiger partial charge in [-0.1, -0.05) is 24.3 Å². The molecule has 2 rings (SSSR count). The van der Waals surface area contributed by atoms with Crippen LogP contribution < -0.4 is 10.5 Å². The Morgan fingerprint density at radius 1 is 1.11 bits per heavy atom. The van der Waals surface area contributed by atoms with Crippen LogP contribution in [0.5, 0.6) is 5.75 Å². The lowest BCUT2D eigenvalue weighted by Gasteiger charge is -2.09. The van der Waals surface area contributed by atoms with Crippen LogP contribution in [0.25, 0.3) is 11.1 Å². The molecule has 0 aliphatic carbocycles. The number of halogens is 1. The van der Waals surface area contributed by atoms with Crippen molar-refractivity contribution in [3.8, 4) is 16.9 Å². The lowest BCUT2D eigenvalue weighted by Crippen LogP contribution is -2.02. The van der Waals surface area contributed by atoms with E-state index < -0.39 is 0 Å². The molecule has 0 heterocycles. The van der Waals surface area contributed by atoms with Crippen LogP contribution in [0.3, 0.4) is 0 Å². The third-order valence-electron chi connectivity index (χ3n) is 2.86. The Balaban J connectivity index is 2.38. The highest BCUT2D eigenvalue weighted by atomic mass is 19.1. The fourth-order valence-corrected chi connectivity index (χ4v) is 1.92. The Hall–Kier alpha value is -1.87. The molecule has 2 N–H and O–H groups in total. The molecule has 0 radical (unpaired) electrons. The van der Waals surface area contributed by atoms with E-state index in [0.717, 1.165) is 17.5 Å². The summed E-state index contributed by atoms with van der Waals surface area (Å²) in [5.41, 5.74) is 8.38. The molecule has 94 valence electrons. The molecule has 0 spiro atoms. The molecule has 0 atom stereocenters. The average molecular weight is 245 g/mol. The fraction of sp³-hybridized carbons (Fsp3) is 0.200. The Bertz CT molecular complexity index is 523. The third kappa shape index (κ3) is 2.68. The van der Waals surface area contributed by atoms with Crippen molar-refractivity contribution < 1.29 is 9.13 Å². The monoisotopic (exact) mass is 245 g/mol. The van der Waals surface area contributed by atoms with Gasteiger partial charge in [-0.25, -0.2) is 4.39 Å². The largest absolute Gasteiger partial charge is 0.496 e. The first-order valence-electron chi connectivity index (χ1n) is 5.87. The SMILES string of the molecule is COc1ccc(F)cc1-c1ccc(CCN)cc1. The van der Waals surface area contributed by atoms with Gasteiger partial charge in [0.25, 0.3) is 0 Å². The molecular weight excluding hydrogens is 229 g/mol. The van der Waals surface area contributed by atoms with Gasteiger partial charge in [-0.2, -0.15) is 0 Å². The third-order valence-corrected chi connectivity index (χ3v) is 2.86. The van der Waals surface area contributed by atoms with Crippen LogP contribution in [-0.2, 0) is 6.42 Å². The number of hydrogen-bond donors (Lipinski definition) is 1. The molecule has 0 fully saturated rings. The lowest BCUT2D eigenvalue weighted by molar-refractivity contribution is 0.415. The normalized spacial score (nSPS) is 10.4. The summed E-state index contributed by atoms with van der Waals surface area (Å²) < 4.78 is 18.5. The Labute approximate surface area is 106 Å². The molecule has 0 aliphatic rings. The van der Waals surface area contributed by atoms with E-state index in [1.165, 1.54) is 17.7 Å². The van der Waals surface area contributed by atoms with Gasteiger partial charge in [0.15, 0.2) is 0 Å². The van der Waals surface area contributed by atoms with Crippen molar-refractivity contribution in [2.24, 2.45) is 5.73 Å². The van der Waals surface area contributed by atoms with Gasteiger partial charge >= 0.3 is 0 Å². The zero-order valence-corrected chi connectivity index (χ0v) is 10.3. The van der Waals surface area contributed by atoms with Crippen LogP contribution in [0.15, 0.2) is 42.5 Å². The van der Waals surface area contributed by atoms with Crippen molar-refractivity contribution in [2.45, 2.75) is 6.42 Å². The summed E-state index contributed by atoms with van der Waals surface area (Å²) in [7, 11) is 1.58. The molecule has 2 aromatic rings. The lowest BCUT2D eigenvalue weighted by atomic mass is 10.0. The number of nitrogens with two attached hydrogens (primary N) is 1. The van der Waals surface area contributed by atoms with Crippen LogP contribution in [-0.4, -0.2) is 13.7 Å². The van der Waals surface area contributed by atoms with E-state index in [1.54, 1.807) is 13.2 Å². The van der Waals surface area contributed by atoms with Gasteiger partial charge in [0.05, 0.1) is 7.11 Å². The number of ether oxygens (including phenoxy) is 1. The first-order chi connectivity index (χ1) is 8.74. The van der Waals surface area contributed by atoms with Crippen LogP contribution in [0.4, 0.5) is 4.39 Å². The first kappa shape index (κ1) is 12.6. The van der Waals surface area contributed by atoms with Crippen molar-refractivity contribution in [3.63, 3.8) is 0 Å². The topological polar surface area (TPSA) is 35.2 Å².